The van der Waals surface area contributed by atoms with Crippen LogP contribution in [-0.2, 0) is 0 Å². The van der Waals surface area contributed by atoms with E-state index < -0.39 is 0 Å². The van der Waals surface area contributed by atoms with Crippen LogP contribution in [0.1, 0.15) is 53.4 Å². The Bertz CT molecular complexity index is 281. The molecule has 3 unspecified atom stereocenters. The lowest BCUT2D eigenvalue weighted by molar-refractivity contribution is 0.0430. The van der Waals surface area contributed by atoms with Gasteiger partial charge in [-0.25, -0.2) is 4.79 Å². The molecular weight excluding hydrogens is 240 g/mol. The fourth-order valence-corrected chi connectivity index (χ4v) is 2.44. The Hall–Kier alpha value is -0.770. The quantitative estimate of drug-likeness (QED) is 0.807. The first-order valence-electron chi connectivity index (χ1n) is 7.63. The number of aliphatic hydroxyl groups is 1. The van der Waals surface area contributed by atoms with Gasteiger partial charge in [-0.3, -0.25) is 0 Å². The van der Waals surface area contributed by atoms with Gasteiger partial charge in [0, 0.05) is 19.1 Å². The Morgan fingerprint density at radius 3 is 2.63 bits per heavy atom. The minimum atomic E-state index is -0.379. The van der Waals surface area contributed by atoms with E-state index >= 15 is 0 Å². The van der Waals surface area contributed by atoms with E-state index in [1.807, 2.05) is 6.92 Å². The lowest BCUT2D eigenvalue weighted by atomic mass is 9.96. The maximum absolute atomic E-state index is 12.1. The van der Waals surface area contributed by atoms with Crippen molar-refractivity contribution >= 4 is 6.03 Å². The summed E-state index contributed by atoms with van der Waals surface area (Å²) in [5.74, 6) is 1.02. The van der Waals surface area contributed by atoms with Gasteiger partial charge in [0.15, 0.2) is 0 Å². The summed E-state index contributed by atoms with van der Waals surface area (Å²) in [6.07, 6.45) is 3.89. The van der Waals surface area contributed by atoms with Crippen molar-refractivity contribution in [3.05, 3.63) is 0 Å². The summed E-state index contributed by atoms with van der Waals surface area (Å²) < 4.78 is 0. The van der Waals surface area contributed by atoms with Gasteiger partial charge in [0.1, 0.15) is 0 Å². The van der Waals surface area contributed by atoms with E-state index in [4.69, 9.17) is 0 Å². The topological polar surface area (TPSA) is 52.6 Å². The monoisotopic (exact) mass is 270 g/mol. The molecule has 1 aliphatic rings. The SMILES string of the molecule is CC(C)CCCC(C)NC(=O)N1CCC(C)C(O)C1. The molecule has 1 saturated heterocycles. The van der Waals surface area contributed by atoms with Crippen LogP contribution in [0.5, 0.6) is 0 Å². The van der Waals surface area contributed by atoms with Gasteiger partial charge >= 0.3 is 6.03 Å². The van der Waals surface area contributed by atoms with Crippen LogP contribution in [0.4, 0.5) is 4.79 Å². The van der Waals surface area contributed by atoms with Gasteiger partial charge < -0.3 is 15.3 Å². The second-order valence-corrected chi connectivity index (χ2v) is 6.45. The molecule has 4 nitrogen and oxygen atoms in total. The first-order valence-corrected chi connectivity index (χ1v) is 7.63. The second kappa shape index (κ2) is 7.73. The molecule has 1 fully saturated rings. The van der Waals surface area contributed by atoms with Gasteiger partial charge in [-0.05, 0) is 31.6 Å². The fourth-order valence-electron chi connectivity index (χ4n) is 2.44. The summed E-state index contributed by atoms with van der Waals surface area (Å²) in [6, 6.07) is 0.186. The highest BCUT2D eigenvalue weighted by Crippen LogP contribution is 2.17. The molecule has 2 N–H and O–H groups in total. The number of rotatable bonds is 5. The van der Waals surface area contributed by atoms with Crippen LogP contribution in [0.25, 0.3) is 0 Å². The number of hydrogen-bond donors (Lipinski definition) is 2. The number of nitrogens with one attached hydrogen (secondary N) is 1. The molecule has 1 heterocycles. The minimum Gasteiger partial charge on any atom is -0.391 e. The summed E-state index contributed by atoms with van der Waals surface area (Å²) >= 11 is 0. The number of urea groups is 1. The van der Waals surface area contributed by atoms with Crippen LogP contribution in [0, 0.1) is 11.8 Å². The molecule has 112 valence electrons. The number of aliphatic hydroxyl groups excluding tert-OH is 1. The molecule has 1 aliphatic heterocycles. The van der Waals surface area contributed by atoms with Gasteiger partial charge in [0.05, 0.1) is 6.10 Å². The Kier molecular flexibility index (Phi) is 6.63. The third-order valence-electron chi connectivity index (χ3n) is 3.99. The van der Waals surface area contributed by atoms with Crippen molar-refractivity contribution < 1.29 is 9.90 Å². The number of carbonyl (C=O) groups is 1. The van der Waals surface area contributed by atoms with Gasteiger partial charge in [-0.2, -0.15) is 0 Å². The van der Waals surface area contributed by atoms with Crippen molar-refractivity contribution in [1.29, 1.82) is 0 Å². The van der Waals surface area contributed by atoms with Crippen LogP contribution in [-0.4, -0.2) is 41.3 Å². The van der Waals surface area contributed by atoms with Gasteiger partial charge in [-0.1, -0.05) is 33.6 Å². The van der Waals surface area contributed by atoms with E-state index in [9.17, 15) is 9.90 Å². The zero-order chi connectivity index (χ0) is 14.4. The van der Waals surface area contributed by atoms with Crippen molar-refractivity contribution in [2.45, 2.75) is 65.5 Å². The summed E-state index contributed by atoms with van der Waals surface area (Å²) in [5, 5.41) is 12.8. The highest BCUT2D eigenvalue weighted by Gasteiger charge is 2.27. The number of amides is 2. The van der Waals surface area contributed by atoms with Crippen molar-refractivity contribution in [2.24, 2.45) is 11.8 Å². The zero-order valence-corrected chi connectivity index (χ0v) is 12.9. The van der Waals surface area contributed by atoms with Crippen molar-refractivity contribution in [2.75, 3.05) is 13.1 Å². The Balaban J connectivity index is 2.26. The molecule has 0 spiro atoms. The molecule has 0 saturated carbocycles. The average Bonchev–Trinajstić information content (AvgIpc) is 2.32. The predicted octanol–water partition coefficient (Wildman–Crippen LogP) is 2.61. The van der Waals surface area contributed by atoms with E-state index in [0.29, 0.717) is 12.5 Å². The van der Waals surface area contributed by atoms with Crippen LogP contribution in [0.3, 0.4) is 0 Å². The third kappa shape index (κ3) is 5.81. The largest absolute Gasteiger partial charge is 0.391 e. The molecule has 0 aromatic rings. The number of piperidine rings is 1. The van der Waals surface area contributed by atoms with Crippen molar-refractivity contribution in [3.8, 4) is 0 Å². The second-order valence-electron chi connectivity index (χ2n) is 6.45. The number of β-amino-alcohol motifs (C(OH)–C–C–N with tert-alkyl or cyclic N) is 1. The Labute approximate surface area is 117 Å². The lowest BCUT2D eigenvalue weighted by Crippen LogP contribution is -2.51. The predicted molar refractivity (Wildman–Crippen MR) is 78.0 cm³/mol. The number of nitrogens with zero attached hydrogens (tertiary/aromatic N) is 1. The zero-order valence-electron chi connectivity index (χ0n) is 12.9. The lowest BCUT2D eigenvalue weighted by Gasteiger charge is -2.34. The standard InChI is InChI=1S/C15H30N2O2/c1-11(2)6-5-7-13(4)16-15(19)17-9-8-12(3)14(18)10-17/h11-14,18H,5-10H2,1-4H3,(H,16,19). The van der Waals surface area contributed by atoms with Crippen molar-refractivity contribution in [1.82, 2.24) is 10.2 Å². The molecule has 0 aromatic heterocycles. The van der Waals surface area contributed by atoms with Gasteiger partial charge in [0.25, 0.3) is 0 Å². The van der Waals surface area contributed by atoms with Crippen molar-refractivity contribution in [3.63, 3.8) is 0 Å². The average molecular weight is 270 g/mol. The molecule has 0 radical (unpaired) electrons. The smallest absolute Gasteiger partial charge is 0.317 e. The molecule has 0 aromatic carbocycles. The summed E-state index contributed by atoms with van der Waals surface area (Å²) in [5.41, 5.74) is 0. The number of likely N-dealkylation sites (tertiary alicyclic amines) is 1. The molecule has 4 heteroatoms. The summed E-state index contributed by atoms with van der Waals surface area (Å²) in [6.45, 7) is 9.75. The highest BCUT2D eigenvalue weighted by molar-refractivity contribution is 5.74. The summed E-state index contributed by atoms with van der Waals surface area (Å²) in [4.78, 5) is 13.8. The minimum absolute atomic E-state index is 0.0250. The van der Waals surface area contributed by atoms with E-state index in [-0.39, 0.29) is 18.2 Å². The van der Waals surface area contributed by atoms with Crippen LogP contribution in [0.2, 0.25) is 0 Å². The molecular formula is C15H30N2O2. The normalized spacial score (nSPS) is 25.5. The van der Waals surface area contributed by atoms with E-state index in [1.54, 1.807) is 4.90 Å². The fraction of sp³-hybridized carbons (Fsp3) is 0.933. The Morgan fingerprint density at radius 2 is 2.05 bits per heavy atom. The maximum Gasteiger partial charge on any atom is 0.317 e. The molecule has 0 aliphatic carbocycles. The highest BCUT2D eigenvalue weighted by atomic mass is 16.3. The van der Waals surface area contributed by atoms with Crippen LogP contribution < -0.4 is 5.32 Å². The summed E-state index contributed by atoms with van der Waals surface area (Å²) in [7, 11) is 0. The first kappa shape index (κ1) is 16.3. The van der Waals surface area contributed by atoms with E-state index in [1.165, 1.54) is 6.42 Å². The molecule has 0 bridgehead atoms. The number of carbonyl (C=O) groups excluding carboxylic acids is 1. The van der Waals surface area contributed by atoms with Crippen LogP contribution >= 0.6 is 0 Å². The van der Waals surface area contributed by atoms with E-state index in [0.717, 1.165) is 31.7 Å². The maximum atomic E-state index is 12.1. The molecule has 19 heavy (non-hydrogen) atoms. The molecule has 2 amide bonds. The molecule has 3 atom stereocenters. The Morgan fingerprint density at radius 1 is 1.37 bits per heavy atom. The van der Waals surface area contributed by atoms with Gasteiger partial charge in [0.2, 0.25) is 0 Å². The number of hydrogen-bond acceptors (Lipinski definition) is 2. The molecule has 1 rings (SSSR count). The van der Waals surface area contributed by atoms with E-state index in [2.05, 4.69) is 26.1 Å². The third-order valence-corrected chi connectivity index (χ3v) is 3.99. The van der Waals surface area contributed by atoms with Gasteiger partial charge in [-0.15, -0.1) is 0 Å². The first-order chi connectivity index (χ1) is 8.90. The van der Waals surface area contributed by atoms with Crippen LogP contribution in [0.15, 0.2) is 0 Å².